The second kappa shape index (κ2) is 12.5. The van der Waals surface area contributed by atoms with Gasteiger partial charge in [-0.1, -0.05) is 39.5 Å². The molecule has 1 saturated heterocycles. The minimum Gasteiger partial charge on any atom is -0.490 e. The van der Waals surface area contributed by atoms with Crippen molar-refractivity contribution < 1.29 is 14.3 Å². The van der Waals surface area contributed by atoms with Gasteiger partial charge in [0, 0.05) is 45.2 Å². The Labute approximate surface area is 211 Å². The maximum absolute atomic E-state index is 13.4. The zero-order chi connectivity index (χ0) is 24.1. The van der Waals surface area contributed by atoms with Crippen molar-refractivity contribution in [1.29, 1.82) is 0 Å². The number of carbonyl (C=O) groups is 1. The van der Waals surface area contributed by atoms with Crippen LogP contribution in [-0.4, -0.2) is 85.9 Å². The van der Waals surface area contributed by atoms with Crippen molar-refractivity contribution in [3.05, 3.63) is 39.5 Å². The highest BCUT2D eigenvalue weighted by molar-refractivity contribution is 7.22. The summed E-state index contributed by atoms with van der Waals surface area (Å²) in [6, 6.07) is 7.79. The number of para-hydroxylation sites is 1. The quantitative estimate of drug-likeness (QED) is 0.459. The second-order valence-corrected chi connectivity index (χ2v) is 9.45. The van der Waals surface area contributed by atoms with Gasteiger partial charge in [0.05, 0.1) is 23.4 Å². The van der Waals surface area contributed by atoms with Crippen LogP contribution in [0.4, 0.5) is 0 Å². The number of hydrogen-bond acceptors (Lipinski definition) is 7. The average Bonchev–Trinajstić information content (AvgIpc) is 3.25. The van der Waals surface area contributed by atoms with Gasteiger partial charge in [0.15, 0.2) is 5.75 Å². The van der Waals surface area contributed by atoms with E-state index in [1.807, 2.05) is 24.3 Å². The molecule has 1 aliphatic rings. The molecule has 1 aromatic carbocycles. The highest BCUT2D eigenvalue weighted by atomic mass is 32.1. The molecule has 0 saturated carbocycles. The first-order chi connectivity index (χ1) is 16.5. The number of nitrogens with zero attached hydrogens (tertiary/aromatic N) is 3. The van der Waals surface area contributed by atoms with Crippen molar-refractivity contribution in [2.75, 3.05) is 65.6 Å². The molecule has 35 heavy (non-hydrogen) atoms. The van der Waals surface area contributed by atoms with Crippen LogP contribution in [0.25, 0.3) is 21.0 Å². The topological polar surface area (TPSA) is 76.0 Å². The summed E-state index contributed by atoms with van der Waals surface area (Å²) in [7, 11) is 1.77. The molecule has 4 rings (SSSR count). The molecular formula is C26H38N4O4S. The number of hydrogen-bond donors (Lipinski definition) is 1. The van der Waals surface area contributed by atoms with Crippen LogP contribution in [0, 0.1) is 0 Å². The highest BCUT2D eigenvalue weighted by Gasteiger charge is 2.25. The minimum absolute atomic E-state index is 0. The summed E-state index contributed by atoms with van der Waals surface area (Å²) in [5.41, 5.74) is 0.697. The molecule has 1 fully saturated rings. The Morgan fingerprint density at radius 3 is 2.63 bits per heavy atom. The van der Waals surface area contributed by atoms with Crippen molar-refractivity contribution in [2.24, 2.45) is 7.05 Å². The number of pyridine rings is 1. The lowest BCUT2D eigenvalue weighted by Gasteiger charge is -2.26. The predicted octanol–water partition coefficient (Wildman–Crippen LogP) is 3.17. The van der Waals surface area contributed by atoms with E-state index in [2.05, 4.69) is 29.0 Å². The number of amides is 1. The lowest BCUT2D eigenvalue weighted by atomic mass is 10.1. The molecule has 9 heteroatoms. The predicted molar refractivity (Wildman–Crippen MR) is 144 cm³/mol. The van der Waals surface area contributed by atoms with Gasteiger partial charge in [-0.05, 0) is 19.2 Å². The van der Waals surface area contributed by atoms with Crippen molar-refractivity contribution >= 4 is 38.2 Å². The van der Waals surface area contributed by atoms with E-state index >= 15 is 0 Å². The van der Waals surface area contributed by atoms with Crippen LogP contribution in [-0.2, 0) is 11.8 Å². The molecule has 0 bridgehead atoms. The molecule has 0 aliphatic carbocycles. The molecule has 1 amide bonds. The SMILES string of the molecule is C.CCN(CC)CCNC(=O)c1sc2c(c1OCCN1CCOCC1)c(=O)n(C)c1ccccc21. The van der Waals surface area contributed by atoms with Gasteiger partial charge in [0.2, 0.25) is 0 Å². The van der Waals surface area contributed by atoms with Crippen LogP contribution in [0.2, 0.25) is 0 Å². The summed E-state index contributed by atoms with van der Waals surface area (Å²) in [4.78, 5) is 31.6. The van der Waals surface area contributed by atoms with Gasteiger partial charge in [-0.2, -0.15) is 0 Å². The Kier molecular flexibility index (Phi) is 9.68. The van der Waals surface area contributed by atoms with Gasteiger partial charge in [-0.3, -0.25) is 14.5 Å². The molecule has 8 nitrogen and oxygen atoms in total. The number of likely N-dealkylation sites (N-methyl/N-ethyl adjacent to an activating group) is 1. The maximum atomic E-state index is 13.4. The van der Waals surface area contributed by atoms with E-state index in [9.17, 15) is 9.59 Å². The summed E-state index contributed by atoms with van der Waals surface area (Å²) in [6.07, 6.45) is 0. The minimum atomic E-state index is -0.194. The number of ether oxygens (including phenoxy) is 2. The highest BCUT2D eigenvalue weighted by Crippen LogP contribution is 2.39. The first-order valence-electron chi connectivity index (χ1n) is 12.0. The van der Waals surface area contributed by atoms with Crippen molar-refractivity contribution in [3.8, 4) is 5.75 Å². The fourth-order valence-corrected chi connectivity index (χ4v) is 5.56. The van der Waals surface area contributed by atoms with E-state index in [4.69, 9.17) is 9.47 Å². The summed E-state index contributed by atoms with van der Waals surface area (Å²) in [5, 5.41) is 4.47. The van der Waals surface area contributed by atoms with Crippen molar-refractivity contribution in [2.45, 2.75) is 21.3 Å². The Morgan fingerprint density at radius 2 is 1.91 bits per heavy atom. The summed E-state index contributed by atoms with van der Waals surface area (Å²) in [6.45, 7) is 11.7. The Balaban J connectivity index is 0.00000342. The van der Waals surface area contributed by atoms with E-state index < -0.39 is 0 Å². The summed E-state index contributed by atoms with van der Waals surface area (Å²) >= 11 is 1.34. The van der Waals surface area contributed by atoms with E-state index in [1.54, 1.807) is 11.6 Å². The zero-order valence-corrected chi connectivity index (χ0v) is 21.1. The Bertz CT molecular complexity index is 1200. The Morgan fingerprint density at radius 1 is 1.20 bits per heavy atom. The molecule has 0 spiro atoms. The van der Waals surface area contributed by atoms with Gasteiger partial charge in [0.1, 0.15) is 16.9 Å². The van der Waals surface area contributed by atoms with Crippen LogP contribution in [0.5, 0.6) is 5.75 Å². The van der Waals surface area contributed by atoms with Gasteiger partial charge in [0.25, 0.3) is 11.5 Å². The molecule has 1 N–H and O–H groups in total. The van der Waals surface area contributed by atoms with E-state index in [0.717, 1.165) is 54.9 Å². The van der Waals surface area contributed by atoms with Crippen LogP contribution in [0.15, 0.2) is 29.1 Å². The number of aromatic nitrogens is 1. The monoisotopic (exact) mass is 502 g/mol. The molecule has 3 heterocycles. The molecule has 3 aromatic rings. The third kappa shape index (κ3) is 5.86. The van der Waals surface area contributed by atoms with Crippen molar-refractivity contribution in [1.82, 2.24) is 19.7 Å². The van der Waals surface area contributed by atoms with E-state index in [0.29, 0.717) is 42.4 Å². The fourth-order valence-electron chi connectivity index (χ4n) is 4.37. The Hall–Kier alpha value is -2.46. The number of aryl methyl sites for hydroxylation is 1. The molecule has 0 radical (unpaired) electrons. The lowest BCUT2D eigenvalue weighted by Crippen LogP contribution is -2.38. The first kappa shape index (κ1) is 27.1. The number of nitrogens with one attached hydrogen (secondary N) is 1. The average molecular weight is 503 g/mol. The van der Waals surface area contributed by atoms with Gasteiger partial charge in [-0.25, -0.2) is 0 Å². The van der Waals surface area contributed by atoms with Gasteiger partial charge in [-0.15, -0.1) is 11.3 Å². The number of morpholine rings is 1. The number of benzene rings is 1. The number of carbonyl (C=O) groups excluding carboxylic acids is 1. The largest absolute Gasteiger partial charge is 0.490 e. The van der Waals surface area contributed by atoms with Crippen molar-refractivity contribution in [3.63, 3.8) is 0 Å². The third-order valence-corrected chi connectivity index (χ3v) is 7.67. The molecule has 0 atom stereocenters. The van der Waals surface area contributed by atoms with E-state index in [-0.39, 0.29) is 18.9 Å². The van der Waals surface area contributed by atoms with Gasteiger partial charge < -0.3 is 24.3 Å². The smallest absolute Gasteiger partial charge is 0.265 e. The molecule has 0 unspecified atom stereocenters. The van der Waals surface area contributed by atoms with E-state index in [1.165, 1.54) is 11.3 Å². The fraction of sp³-hybridized carbons (Fsp3) is 0.538. The molecular weight excluding hydrogens is 464 g/mol. The number of thiophene rings is 1. The van der Waals surface area contributed by atoms with Gasteiger partial charge >= 0.3 is 0 Å². The number of rotatable bonds is 10. The second-order valence-electron chi connectivity index (χ2n) is 8.43. The van der Waals surface area contributed by atoms with Crippen LogP contribution in [0.3, 0.4) is 0 Å². The summed E-state index contributed by atoms with van der Waals surface area (Å²) in [5.74, 6) is 0.209. The third-order valence-electron chi connectivity index (χ3n) is 6.46. The molecule has 1 aliphatic heterocycles. The standard InChI is InChI=1S/C25H34N4O4S.CH4/c1-4-28(5-2)11-10-26-24(30)23-21(33-17-14-29-12-15-32-16-13-29)20-22(34-23)18-8-6-7-9-19(18)27(3)25(20)31;/h6-9H,4-5,10-17H2,1-3H3,(H,26,30);1H4. The summed E-state index contributed by atoms with van der Waals surface area (Å²) < 4.78 is 14.1. The maximum Gasteiger partial charge on any atom is 0.265 e. The van der Waals surface area contributed by atoms with Crippen LogP contribution in [0.1, 0.15) is 30.9 Å². The zero-order valence-electron chi connectivity index (χ0n) is 20.3. The normalized spacial score (nSPS) is 14.4. The lowest BCUT2D eigenvalue weighted by molar-refractivity contribution is 0.0323. The molecule has 192 valence electrons. The van der Waals surface area contributed by atoms with Crippen LogP contribution >= 0.6 is 11.3 Å². The molecule has 2 aromatic heterocycles. The number of fused-ring (bicyclic) bond motifs is 3. The first-order valence-corrected chi connectivity index (χ1v) is 12.8. The van der Waals surface area contributed by atoms with Crippen LogP contribution < -0.4 is 15.6 Å².